The Hall–Kier alpha value is -1.78. The standard InChI is InChI=1S/C17H20BNO2/c1-13-10-11-14-6-3-5-9-17(14)19(13)12-15-7-2-4-8-16(15)18(20)21/h2-9,13,20-21H,10-12H2,1H3. The van der Waals surface area contributed by atoms with Gasteiger partial charge >= 0.3 is 7.12 Å². The maximum absolute atomic E-state index is 9.53. The molecule has 3 rings (SSSR count). The third-order valence-corrected chi connectivity index (χ3v) is 4.34. The molecule has 108 valence electrons. The molecule has 2 aromatic carbocycles. The maximum Gasteiger partial charge on any atom is 0.488 e. The number of hydrogen-bond donors (Lipinski definition) is 2. The first-order chi connectivity index (χ1) is 10.2. The summed E-state index contributed by atoms with van der Waals surface area (Å²) >= 11 is 0. The summed E-state index contributed by atoms with van der Waals surface area (Å²) in [5.74, 6) is 0. The molecule has 0 spiro atoms. The number of aryl methyl sites for hydroxylation is 1. The highest BCUT2D eigenvalue weighted by Gasteiger charge is 2.24. The summed E-state index contributed by atoms with van der Waals surface area (Å²) in [6.07, 6.45) is 2.24. The highest BCUT2D eigenvalue weighted by atomic mass is 16.4. The molecule has 0 aliphatic carbocycles. The summed E-state index contributed by atoms with van der Waals surface area (Å²) in [4.78, 5) is 2.36. The van der Waals surface area contributed by atoms with Crippen molar-refractivity contribution in [2.45, 2.75) is 32.4 Å². The molecule has 1 heterocycles. The zero-order valence-electron chi connectivity index (χ0n) is 12.2. The quantitative estimate of drug-likeness (QED) is 0.842. The smallest absolute Gasteiger partial charge is 0.423 e. The van der Waals surface area contributed by atoms with Crippen molar-refractivity contribution < 1.29 is 10.0 Å². The molecule has 2 aromatic rings. The molecule has 1 aliphatic rings. The van der Waals surface area contributed by atoms with E-state index in [1.165, 1.54) is 11.3 Å². The SMILES string of the molecule is CC1CCc2ccccc2N1Cc1ccccc1B(O)O. The van der Waals surface area contributed by atoms with E-state index in [9.17, 15) is 10.0 Å². The van der Waals surface area contributed by atoms with Gasteiger partial charge in [-0.15, -0.1) is 0 Å². The predicted octanol–water partition coefficient (Wildman–Crippen LogP) is 1.71. The summed E-state index contributed by atoms with van der Waals surface area (Å²) in [5, 5.41) is 19.1. The van der Waals surface area contributed by atoms with Gasteiger partial charge in [-0.1, -0.05) is 42.5 Å². The number of benzene rings is 2. The zero-order valence-corrected chi connectivity index (χ0v) is 12.2. The Morgan fingerprint density at radius 1 is 1.10 bits per heavy atom. The third-order valence-electron chi connectivity index (χ3n) is 4.34. The molecule has 1 atom stereocenters. The van der Waals surface area contributed by atoms with E-state index >= 15 is 0 Å². The van der Waals surface area contributed by atoms with E-state index in [1.807, 2.05) is 18.2 Å². The van der Waals surface area contributed by atoms with E-state index in [4.69, 9.17) is 0 Å². The Kier molecular flexibility index (Phi) is 4.00. The molecular weight excluding hydrogens is 261 g/mol. The predicted molar refractivity (Wildman–Crippen MR) is 86.7 cm³/mol. The molecule has 21 heavy (non-hydrogen) atoms. The lowest BCUT2D eigenvalue weighted by Crippen LogP contribution is -2.40. The largest absolute Gasteiger partial charge is 0.488 e. The minimum atomic E-state index is -1.42. The molecule has 1 aliphatic heterocycles. The number of anilines is 1. The van der Waals surface area contributed by atoms with Crippen LogP contribution >= 0.6 is 0 Å². The third kappa shape index (κ3) is 2.82. The van der Waals surface area contributed by atoms with Gasteiger partial charge in [0, 0.05) is 18.3 Å². The Balaban J connectivity index is 1.95. The molecule has 0 aromatic heterocycles. The van der Waals surface area contributed by atoms with Gasteiger partial charge in [-0.25, -0.2) is 0 Å². The summed E-state index contributed by atoms with van der Waals surface area (Å²) in [6.45, 7) is 2.93. The summed E-state index contributed by atoms with van der Waals surface area (Å²) in [7, 11) is -1.42. The van der Waals surface area contributed by atoms with Gasteiger partial charge < -0.3 is 14.9 Å². The van der Waals surface area contributed by atoms with Crippen LogP contribution in [0.15, 0.2) is 48.5 Å². The molecule has 2 N–H and O–H groups in total. The van der Waals surface area contributed by atoms with Crippen molar-refractivity contribution in [3.63, 3.8) is 0 Å². The molecular formula is C17H20BNO2. The first-order valence-corrected chi connectivity index (χ1v) is 7.45. The van der Waals surface area contributed by atoms with Crippen molar-refractivity contribution >= 4 is 18.3 Å². The Morgan fingerprint density at radius 2 is 1.81 bits per heavy atom. The van der Waals surface area contributed by atoms with Crippen molar-refractivity contribution in [1.82, 2.24) is 0 Å². The first-order valence-electron chi connectivity index (χ1n) is 7.45. The van der Waals surface area contributed by atoms with Gasteiger partial charge in [0.1, 0.15) is 0 Å². The van der Waals surface area contributed by atoms with Crippen LogP contribution in [-0.2, 0) is 13.0 Å². The fraction of sp³-hybridized carbons (Fsp3) is 0.294. The van der Waals surface area contributed by atoms with E-state index in [0.717, 1.165) is 18.4 Å². The second-order valence-electron chi connectivity index (χ2n) is 5.72. The van der Waals surface area contributed by atoms with Crippen LogP contribution < -0.4 is 10.4 Å². The van der Waals surface area contributed by atoms with Crippen LogP contribution in [0.3, 0.4) is 0 Å². The highest BCUT2D eigenvalue weighted by Crippen LogP contribution is 2.31. The van der Waals surface area contributed by atoms with Crippen LogP contribution in [0.5, 0.6) is 0 Å². The fourth-order valence-electron chi connectivity index (χ4n) is 3.11. The second-order valence-corrected chi connectivity index (χ2v) is 5.72. The lowest BCUT2D eigenvalue weighted by Gasteiger charge is -2.37. The minimum absolute atomic E-state index is 0.448. The Morgan fingerprint density at radius 3 is 2.62 bits per heavy atom. The summed E-state index contributed by atoms with van der Waals surface area (Å²) in [6, 6.07) is 16.5. The monoisotopic (exact) mass is 281 g/mol. The maximum atomic E-state index is 9.53. The van der Waals surface area contributed by atoms with Crippen molar-refractivity contribution in [3.05, 3.63) is 59.7 Å². The van der Waals surface area contributed by atoms with E-state index in [0.29, 0.717) is 18.0 Å². The molecule has 0 amide bonds. The fourth-order valence-corrected chi connectivity index (χ4v) is 3.11. The van der Waals surface area contributed by atoms with Crippen LogP contribution in [0.1, 0.15) is 24.5 Å². The van der Waals surface area contributed by atoms with Crippen LogP contribution in [0, 0.1) is 0 Å². The van der Waals surface area contributed by atoms with Crippen molar-refractivity contribution in [2.75, 3.05) is 4.90 Å². The van der Waals surface area contributed by atoms with E-state index < -0.39 is 7.12 Å². The molecule has 0 fully saturated rings. The van der Waals surface area contributed by atoms with E-state index in [1.54, 1.807) is 6.07 Å². The second kappa shape index (κ2) is 5.92. The normalized spacial score (nSPS) is 17.5. The first kappa shape index (κ1) is 14.2. The molecule has 4 heteroatoms. The number of fused-ring (bicyclic) bond motifs is 1. The highest BCUT2D eigenvalue weighted by molar-refractivity contribution is 6.59. The van der Waals surface area contributed by atoms with Crippen molar-refractivity contribution in [3.8, 4) is 0 Å². The van der Waals surface area contributed by atoms with Gasteiger partial charge in [0.05, 0.1) is 0 Å². The number of para-hydroxylation sites is 1. The number of hydrogen-bond acceptors (Lipinski definition) is 3. The average Bonchev–Trinajstić information content (AvgIpc) is 2.50. The van der Waals surface area contributed by atoms with Gasteiger partial charge in [-0.3, -0.25) is 0 Å². The van der Waals surface area contributed by atoms with Gasteiger partial charge in [-0.05, 0) is 42.4 Å². The topological polar surface area (TPSA) is 43.7 Å². The molecule has 3 nitrogen and oxygen atoms in total. The molecule has 0 saturated carbocycles. The van der Waals surface area contributed by atoms with Gasteiger partial charge in [-0.2, -0.15) is 0 Å². The molecule has 0 saturated heterocycles. The molecule has 0 bridgehead atoms. The van der Waals surface area contributed by atoms with Gasteiger partial charge in [0.25, 0.3) is 0 Å². The van der Waals surface area contributed by atoms with E-state index in [-0.39, 0.29) is 0 Å². The Bertz CT molecular complexity index is 630. The van der Waals surface area contributed by atoms with Crippen LogP contribution in [0.2, 0.25) is 0 Å². The molecule has 0 radical (unpaired) electrons. The Labute approximate surface area is 126 Å². The summed E-state index contributed by atoms with van der Waals surface area (Å²) < 4.78 is 0. The number of nitrogens with zero attached hydrogens (tertiary/aromatic N) is 1. The zero-order chi connectivity index (χ0) is 14.8. The van der Waals surface area contributed by atoms with Gasteiger partial charge in [0.15, 0.2) is 0 Å². The van der Waals surface area contributed by atoms with Crippen LogP contribution in [0.25, 0.3) is 0 Å². The lowest BCUT2D eigenvalue weighted by molar-refractivity contribution is 0.425. The number of rotatable bonds is 3. The molecule has 1 unspecified atom stereocenters. The van der Waals surface area contributed by atoms with Crippen molar-refractivity contribution in [2.24, 2.45) is 0 Å². The minimum Gasteiger partial charge on any atom is -0.423 e. The summed E-state index contributed by atoms with van der Waals surface area (Å²) in [5.41, 5.74) is 4.19. The van der Waals surface area contributed by atoms with Crippen molar-refractivity contribution in [1.29, 1.82) is 0 Å². The van der Waals surface area contributed by atoms with Crippen LogP contribution in [-0.4, -0.2) is 23.2 Å². The lowest BCUT2D eigenvalue weighted by atomic mass is 9.76. The van der Waals surface area contributed by atoms with Crippen LogP contribution in [0.4, 0.5) is 5.69 Å². The van der Waals surface area contributed by atoms with E-state index in [2.05, 4.69) is 36.1 Å². The average molecular weight is 281 g/mol. The van der Waals surface area contributed by atoms with Gasteiger partial charge in [0.2, 0.25) is 0 Å².